The number of benzene rings is 1. The minimum Gasteiger partial charge on any atom is -0.350 e. The number of hydrogen-bond donors (Lipinski definition) is 2. The van der Waals surface area contributed by atoms with Gasteiger partial charge in [0.2, 0.25) is 0 Å². The van der Waals surface area contributed by atoms with Gasteiger partial charge >= 0.3 is 0 Å². The van der Waals surface area contributed by atoms with Gasteiger partial charge in [-0.05, 0) is 37.5 Å². The molecule has 0 saturated heterocycles. The van der Waals surface area contributed by atoms with Crippen molar-refractivity contribution in [1.29, 1.82) is 0 Å². The van der Waals surface area contributed by atoms with E-state index in [9.17, 15) is 4.79 Å². The summed E-state index contributed by atoms with van der Waals surface area (Å²) in [5, 5.41) is 3.57. The van der Waals surface area contributed by atoms with E-state index in [1.165, 1.54) is 6.42 Å². The number of carbonyl (C=O) groups is 1. The second kappa shape index (κ2) is 5.93. The Hall–Kier alpha value is -1.06. The van der Waals surface area contributed by atoms with Crippen molar-refractivity contribution >= 4 is 17.5 Å². The zero-order chi connectivity index (χ0) is 13.9. The van der Waals surface area contributed by atoms with Gasteiger partial charge in [0.05, 0.1) is 0 Å². The van der Waals surface area contributed by atoms with Gasteiger partial charge in [-0.15, -0.1) is 0 Å². The first-order chi connectivity index (χ1) is 9.02. The van der Waals surface area contributed by atoms with E-state index in [2.05, 4.69) is 5.32 Å². The molecule has 1 aliphatic carbocycles. The molecule has 1 aromatic carbocycles. The first-order valence-electron chi connectivity index (χ1n) is 6.84. The van der Waals surface area contributed by atoms with Crippen LogP contribution in [0, 0.1) is 6.92 Å². The molecule has 0 radical (unpaired) electrons. The van der Waals surface area contributed by atoms with Gasteiger partial charge < -0.3 is 11.1 Å². The van der Waals surface area contributed by atoms with Gasteiger partial charge in [-0.1, -0.05) is 36.9 Å². The summed E-state index contributed by atoms with van der Waals surface area (Å²) < 4.78 is 0. The van der Waals surface area contributed by atoms with E-state index >= 15 is 0 Å². The Morgan fingerprint density at radius 1 is 1.37 bits per heavy atom. The molecule has 2 rings (SSSR count). The molecular weight excluding hydrogens is 260 g/mol. The molecule has 1 saturated carbocycles. The molecule has 0 atom stereocenters. The second-order valence-corrected chi connectivity index (χ2v) is 5.93. The maximum atomic E-state index is 12.2. The zero-order valence-corrected chi connectivity index (χ0v) is 12.1. The topological polar surface area (TPSA) is 55.1 Å². The Bertz CT molecular complexity index is 467. The predicted octanol–water partition coefficient (Wildman–Crippen LogP) is 3.04. The average Bonchev–Trinajstić information content (AvgIpc) is 2.40. The van der Waals surface area contributed by atoms with E-state index in [4.69, 9.17) is 17.3 Å². The highest BCUT2D eigenvalue weighted by Crippen LogP contribution is 2.25. The highest BCUT2D eigenvalue weighted by atomic mass is 35.5. The Labute approximate surface area is 119 Å². The van der Waals surface area contributed by atoms with Crippen LogP contribution in [0.25, 0.3) is 0 Å². The molecule has 0 heterocycles. The molecule has 0 bridgehead atoms. The van der Waals surface area contributed by atoms with Gasteiger partial charge in [0.1, 0.15) is 0 Å². The van der Waals surface area contributed by atoms with Crippen molar-refractivity contribution in [2.45, 2.75) is 44.6 Å². The third-order valence-corrected chi connectivity index (χ3v) is 4.37. The average molecular weight is 281 g/mol. The van der Waals surface area contributed by atoms with Gasteiger partial charge in [-0.2, -0.15) is 0 Å². The maximum Gasteiger partial charge on any atom is 0.251 e. The Kier molecular flexibility index (Phi) is 4.48. The lowest BCUT2D eigenvalue weighted by molar-refractivity contribution is 0.0937. The van der Waals surface area contributed by atoms with Gasteiger partial charge in [0.15, 0.2) is 0 Å². The first kappa shape index (κ1) is 14.4. The molecule has 1 amide bonds. The molecule has 0 aliphatic heterocycles. The van der Waals surface area contributed by atoms with Crippen LogP contribution in [0.1, 0.15) is 48.0 Å². The lowest BCUT2D eigenvalue weighted by Crippen LogP contribution is -2.51. The minimum absolute atomic E-state index is 0.0876. The molecule has 3 nitrogen and oxygen atoms in total. The van der Waals surface area contributed by atoms with Crippen molar-refractivity contribution in [3.8, 4) is 0 Å². The molecule has 0 spiro atoms. The van der Waals surface area contributed by atoms with Crippen LogP contribution in [0.4, 0.5) is 0 Å². The molecule has 19 heavy (non-hydrogen) atoms. The Balaban J connectivity index is 1.99. The summed E-state index contributed by atoms with van der Waals surface area (Å²) in [5.74, 6) is -0.0876. The number of nitrogens with one attached hydrogen (secondary N) is 1. The van der Waals surface area contributed by atoms with Crippen molar-refractivity contribution in [3.63, 3.8) is 0 Å². The lowest BCUT2D eigenvalue weighted by Gasteiger charge is -2.33. The van der Waals surface area contributed by atoms with Crippen LogP contribution < -0.4 is 11.1 Å². The monoisotopic (exact) mass is 280 g/mol. The summed E-state index contributed by atoms with van der Waals surface area (Å²) in [6.45, 7) is 2.40. The number of halogens is 1. The Morgan fingerprint density at radius 2 is 2.05 bits per heavy atom. The van der Waals surface area contributed by atoms with E-state index < -0.39 is 0 Å². The highest BCUT2D eigenvalue weighted by Gasteiger charge is 2.28. The molecule has 104 valence electrons. The highest BCUT2D eigenvalue weighted by molar-refractivity contribution is 6.31. The normalized spacial score (nSPS) is 18.1. The molecule has 0 aromatic heterocycles. The SMILES string of the molecule is Cc1c(Cl)cccc1C(=O)NCC1(N)CCCCC1. The van der Waals surface area contributed by atoms with E-state index in [0.29, 0.717) is 17.1 Å². The van der Waals surface area contributed by atoms with Gasteiger partial charge in [0, 0.05) is 22.7 Å². The predicted molar refractivity (Wildman–Crippen MR) is 78.5 cm³/mol. The van der Waals surface area contributed by atoms with Crippen molar-refractivity contribution in [1.82, 2.24) is 5.32 Å². The van der Waals surface area contributed by atoms with Gasteiger partial charge in [-0.25, -0.2) is 0 Å². The zero-order valence-electron chi connectivity index (χ0n) is 11.3. The van der Waals surface area contributed by atoms with Crippen molar-refractivity contribution in [2.24, 2.45) is 5.73 Å². The standard InChI is InChI=1S/C15H21ClN2O/c1-11-12(6-5-7-13(11)16)14(19)18-10-15(17)8-3-2-4-9-15/h5-7H,2-4,8-10,17H2,1H3,(H,18,19). The third-order valence-electron chi connectivity index (χ3n) is 3.96. The number of nitrogens with two attached hydrogens (primary N) is 1. The molecule has 1 aliphatic rings. The van der Waals surface area contributed by atoms with Gasteiger partial charge in [0.25, 0.3) is 5.91 Å². The Morgan fingerprint density at radius 3 is 2.74 bits per heavy atom. The van der Waals surface area contributed by atoms with Crippen LogP contribution in [0.15, 0.2) is 18.2 Å². The van der Waals surface area contributed by atoms with Crippen LogP contribution in [-0.4, -0.2) is 18.0 Å². The molecular formula is C15H21ClN2O. The fourth-order valence-corrected chi connectivity index (χ4v) is 2.81. The summed E-state index contributed by atoms with van der Waals surface area (Å²) in [5.41, 5.74) is 7.52. The largest absolute Gasteiger partial charge is 0.350 e. The fourth-order valence-electron chi connectivity index (χ4n) is 2.64. The summed E-state index contributed by atoms with van der Waals surface area (Å²) in [6, 6.07) is 5.38. The lowest BCUT2D eigenvalue weighted by atomic mass is 9.82. The van der Waals surface area contributed by atoms with E-state index in [1.54, 1.807) is 18.2 Å². The quantitative estimate of drug-likeness (QED) is 0.894. The summed E-state index contributed by atoms with van der Waals surface area (Å²) >= 11 is 6.03. The van der Waals surface area contributed by atoms with E-state index in [-0.39, 0.29) is 11.4 Å². The van der Waals surface area contributed by atoms with Crippen molar-refractivity contribution in [2.75, 3.05) is 6.54 Å². The van der Waals surface area contributed by atoms with Crippen molar-refractivity contribution in [3.05, 3.63) is 34.3 Å². The molecule has 1 aromatic rings. The molecule has 4 heteroatoms. The maximum absolute atomic E-state index is 12.2. The number of rotatable bonds is 3. The smallest absolute Gasteiger partial charge is 0.251 e. The van der Waals surface area contributed by atoms with Gasteiger partial charge in [-0.3, -0.25) is 4.79 Å². The van der Waals surface area contributed by atoms with Crippen LogP contribution in [0.5, 0.6) is 0 Å². The van der Waals surface area contributed by atoms with E-state index in [0.717, 1.165) is 31.2 Å². The number of amides is 1. The van der Waals surface area contributed by atoms with E-state index in [1.807, 2.05) is 6.92 Å². The van der Waals surface area contributed by atoms with Crippen LogP contribution in [-0.2, 0) is 0 Å². The summed E-state index contributed by atoms with van der Waals surface area (Å²) in [7, 11) is 0. The first-order valence-corrected chi connectivity index (χ1v) is 7.22. The van der Waals surface area contributed by atoms with Crippen LogP contribution in [0.3, 0.4) is 0 Å². The summed E-state index contributed by atoms with van der Waals surface area (Å²) in [4.78, 5) is 12.2. The van der Waals surface area contributed by atoms with Crippen molar-refractivity contribution < 1.29 is 4.79 Å². The number of hydrogen-bond acceptors (Lipinski definition) is 2. The fraction of sp³-hybridized carbons (Fsp3) is 0.533. The second-order valence-electron chi connectivity index (χ2n) is 5.52. The minimum atomic E-state index is -0.236. The van der Waals surface area contributed by atoms with Crippen LogP contribution in [0.2, 0.25) is 5.02 Å². The number of carbonyl (C=O) groups excluding carboxylic acids is 1. The van der Waals surface area contributed by atoms with Crippen LogP contribution >= 0.6 is 11.6 Å². The molecule has 3 N–H and O–H groups in total. The molecule has 1 fully saturated rings. The molecule has 0 unspecified atom stereocenters. The summed E-state index contributed by atoms with van der Waals surface area (Å²) in [6.07, 6.45) is 5.54. The third kappa shape index (κ3) is 3.48.